The van der Waals surface area contributed by atoms with Crippen LogP contribution in [0.2, 0.25) is 0 Å². The second-order valence-corrected chi connectivity index (χ2v) is 5.63. The van der Waals surface area contributed by atoms with E-state index in [0.717, 1.165) is 27.3 Å². The van der Waals surface area contributed by atoms with Crippen molar-refractivity contribution in [2.24, 2.45) is 0 Å². The van der Waals surface area contributed by atoms with Crippen molar-refractivity contribution in [2.45, 2.75) is 19.3 Å². The molecule has 0 saturated carbocycles. The Hall–Kier alpha value is -2.82. The highest BCUT2D eigenvalue weighted by Crippen LogP contribution is 2.30. The van der Waals surface area contributed by atoms with Gasteiger partial charge in [0, 0.05) is 23.9 Å². The van der Waals surface area contributed by atoms with Gasteiger partial charge in [-0.1, -0.05) is 30.3 Å². The third-order valence-electron chi connectivity index (χ3n) is 4.00. The van der Waals surface area contributed by atoms with Crippen LogP contribution in [0.15, 0.2) is 47.1 Å². The van der Waals surface area contributed by atoms with E-state index in [0.29, 0.717) is 19.4 Å². The van der Waals surface area contributed by atoms with Gasteiger partial charge in [-0.25, -0.2) is 0 Å². The molecule has 0 radical (unpaired) electrons. The maximum Gasteiger partial charge on any atom is 0.305 e. The van der Waals surface area contributed by atoms with Crippen molar-refractivity contribution in [1.82, 2.24) is 5.32 Å². The topological polar surface area (TPSA) is 68.5 Å². The molecule has 124 valence electrons. The smallest absolute Gasteiger partial charge is 0.305 e. The number of rotatable bonds is 6. The summed E-state index contributed by atoms with van der Waals surface area (Å²) in [7, 11) is 1.36. The van der Waals surface area contributed by atoms with E-state index in [9.17, 15) is 9.59 Å². The van der Waals surface area contributed by atoms with Crippen molar-refractivity contribution in [1.29, 1.82) is 0 Å². The van der Waals surface area contributed by atoms with E-state index >= 15 is 0 Å². The van der Waals surface area contributed by atoms with E-state index in [1.54, 1.807) is 6.26 Å². The average molecular weight is 325 g/mol. The number of carbonyl (C=O) groups excluding carboxylic acids is 2. The summed E-state index contributed by atoms with van der Waals surface area (Å²) >= 11 is 0. The van der Waals surface area contributed by atoms with Gasteiger partial charge in [-0.3, -0.25) is 9.59 Å². The van der Waals surface area contributed by atoms with Gasteiger partial charge in [0.1, 0.15) is 5.58 Å². The first-order valence-electron chi connectivity index (χ1n) is 7.90. The van der Waals surface area contributed by atoms with Gasteiger partial charge in [0.25, 0.3) is 0 Å². The molecule has 0 spiro atoms. The maximum absolute atomic E-state index is 12.1. The number of ether oxygens (including phenoxy) is 1. The summed E-state index contributed by atoms with van der Waals surface area (Å²) in [5.74, 6) is -0.355. The molecule has 0 bridgehead atoms. The van der Waals surface area contributed by atoms with Crippen LogP contribution >= 0.6 is 0 Å². The van der Waals surface area contributed by atoms with E-state index in [-0.39, 0.29) is 18.3 Å². The molecule has 0 aliphatic rings. The van der Waals surface area contributed by atoms with Crippen molar-refractivity contribution in [2.75, 3.05) is 13.7 Å². The molecule has 0 saturated heterocycles. The number of amides is 1. The molecule has 0 aliphatic carbocycles. The summed E-state index contributed by atoms with van der Waals surface area (Å²) in [5.41, 5.74) is 1.65. The molecule has 0 unspecified atom stereocenters. The second kappa shape index (κ2) is 7.17. The zero-order valence-corrected chi connectivity index (χ0v) is 13.5. The minimum absolute atomic E-state index is 0.0875. The Morgan fingerprint density at radius 1 is 1.17 bits per heavy atom. The van der Waals surface area contributed by atoms with Crippen LogP contribution in [-0.2, 0) is 20.7 Å². The lowest BCUT2D eigenvalue weighted by atomic mass is 10.0. The van der Waals surface area contributed by atoms with E-state index < -0.39 is 0 Å². The van der Waals surface area contributed by atoms with Crippen molar-refractivity contribution in [3.8, 4) is 0 Å². The molecule has 5 heteroatoms. The Morgan fingerprint density at radius 2 is 2.00 bits per heavy atom. The minimum atomic E-state index is -0.267. The summed E-state index contributed by atoms with van der Waals surface area (Å²) in [6.07, 6.45) is 2.76. The van der Waals surface area contributed by atoms with E-state index in [4.69, 9.17) is 4.42 Å². The number of hydrogen-bond donors (Lipinski definition) is 1. The highest BCUT2D eigenvalue weighted by Gasteiger charge is 2.13. The highest BCUT2D eigenvalue weighted by atomic mass is 16.5. The Bertz CT molecular complexity index is 881. The molecule has 0 aliphatic heterocycles. The maximum atomic E-state index is 12.1. The number of furan rings is 1. The second-order valence-electron chi connectivity index (χ2n) is 5.63. The fourth-order valence-corrected chi connectivity index (χ4v) is 2.80. The first kappa shape index (κ1) is 16.1. The van der Waals surface area contributed by atoms with Gasteiger partial charge in [-0.2, -0.15) is 0 Å². The van der Waals surface area contributed by atoms with Crippen molar-refractivity contribution < 1.29 is 18.7 Å². The zero-order chi connectivity index (χ0) is 16.9. The lowest BCUT2D eigenvalue weighted by Gasteiger charge is -2.05. The first-order chi connectivity index (χ1) is 11.7. The molecule has 5 nitrogen and oxygen atoms in total. The molecule has 1 heterocycles. The quantitative estimate of drug-likeness (QED) is 0.558. The van der Waals surface area contributed by atoms with Gasteiger partial charge in [0.15, 0.2) is 0 Å². The van der Waals surface area contributed by atoms with Crippen molar-refractivity contribution >= 4 is 33.6 Å². The number of carbonyl (C=O) groups is 2. The van der Waals surface area contributed by atoms with Gasteiger partial charge < -0.3 is 14.5 Å². The van der Waals surface area contributed by atoms with E-state index in [1.807, 2.05) is 36.4 Å². The van der Waals surface area contributed by atoms with Gasteiger partial charge in [-0.05, 0) is 23.3 Å². The Morgan fingerprint density at radius 3 is 2.83 bits per heavy atom. The molecule has 3 rings (SSSR count). The molecule has 24 heavy (non-hydrogen) atoms. The molecular formula is C19H19NO4. The SMILES string of the molecule is COC(=O)CCCNC(=O)Cc1coc2ccc3ccccc3c12. The summed E-state index contributed by atoms with van der Waals surface area (Å²) in [5, 5.41) is 6.01. The van der Waals surface area contributed by atoms with E-state index in [2.05, 4.69) is 10.1 Å². The molecule has 1 amide bonds. The number of fused-ring (bicyclic) bond motifs is 3. The summed E-state index contributed by atoms with van der Waals surface area (Å²) in [6.45, 7) is 0.449. The van der Waals surface area contributed by atoms with Crippen LogP contribution in [0.5, 0.6) is 0 Å². The Labute approximate surface area is 139 Å². The van der Waals surface area contributed by atoms with Crippen molar-refractivity contribution in [3.05, 3.63) is 48.2 Å². The van der Waals surface area contributed by atoms with Gasteiger partial charge in [0.2, 0.25) is 5.91 Å². The molecule has 3 aromatic rings. The predicted octanol–water partition coefficient (Wildman–Crippen LogP) is 3.20. The predicted molar refractivity (Wildman–Crippen MR) is 91.7 cm³/mol. The fraction of sp³-hybridized carbons (Fsp3) is 0.263. The summed E-state index contributed by atoms with van der Waals surface area (Å²) in [6, 6.07) is 12.0. The normalized spacial score (nSPS) is 10.9. The number of nitrogens with one attached hydrogen (secondary N) is 1. The number of benzene rings is 2. The molecule has 2 aromatic carbocycles. The largest absolute Gasteiger partial charge is 0.469 e. The van der Waals surface area contributed by atoms with Gasteiger partial charge >= 0.3 is 5.97 Å². The first-order valence-corrected chi connectivity index (χ1v) is 7.90. The number of esters is 1. The van der Waals surface area contributed by atoms with E-state index in [1.165, 1.54) is 7.11 Å². The third kappa shape index (κ3) is 3.40. The van der Waals surface area contributed by atoms with Crippen LogP contribution in [0.1, 0.15) is 18.4 Å². The fourth-order valence-electron chi connectivity index (χ4n) is 2.80. The average Bonchev–Trinajstić information content (AvgIpc) is 3.01. The van der Waals surface area contributed by atoms with Crippen LogP contribution in [0.4, 0.5) is 0 Å². The lowest BCUT2D eigenvalue weighted by molar-refractivity contribution is -0.140. The summed E-state index contributed by atoms with van der Waals surface area (Å²) < 4.78 is 10.2. The Balaban J connectivity index is 1.70. The molecule has 1 aromatic heterocycles. The molecular weight excluding hydrogens is 306 g/mol. The van der Waals surface area contributed by atoms with Crippen LogP contribution in [0, 0.1) is 0 Å². The standard InChI is InChI=1S/C19H19NO4/c1-23-18(22)7-4-10-20-17(21)11-14-12-24-16-9-8-13-5-2-3-6-15(13)19(14)16/h2-3,5-6,8-9,12H,4,7,10-11H2,1H3,(H,20,21). The zero-order valence-electron chi connectivity index (χ0n) is 13.5. The molecule has 0 fully saturated rings. The minimum Gasteiger partial charge on any atom is -0.469 e. The van der Waals surface area contributed by atoms with Crippen LogP contribution in [-0.4, -0.2) is 25.5 Å². The summed E-state index contributed by atoms with van der Waals surface area (Å²) in [4.78, 5) is 23.2. The Kier molecular flexibility index (Phi) is 4.79. The lowest BCUT2D eigenvalue weighted by Crippen LogP contribution is -2.26. The van der Waals surface area contributed by atoms with Crippen molar-refractivity contribution in [3.63, 3.8) is 0 Å². The number of hydrogen-bond acceptors (Lipinski definition) is 4. The number of methoxy groups -OCH3 is 1. The van der Waals surface area contributed by atoms with Crippen LogP contribution in [0.3, 0.4) is 0 Å². The van der Waals surface area contributed by atoms with Crippen LogP contribution < -0.4 is 5.32 Å². The third-order valence-corrected chi connectivity index (χ3v) is 4.00. The molecule has 0 atom stereocenters. The van der Waals surface area contributed by atoms with Gasteiger partial charge in [0.05, 0.1) is 19.8 Å². The van der Waals surface area contributed by atoms with Gasteiger partial charge in [-0.15, -0.1) is 0 Å². The van der Waals surface area contributed by atoms with Crippen LogP contribution in [0.25, 0.3) is 21.7 Å². The highest BCUT2D eigenvalue weighted by molar-refractivity contribution is 6.08. The molecule has 1 N–H and O–H groups in total. The monoisotopic (exact) mass is 325 g/mol.